The molecule has 4 rings (SSSR count). The van der Waals surface area contributed by atoms with Gasteiger partial charge < -0.3 is 15.2 Å². The fourth-order valence-corrected chi connectivity index (χ4v) is 3.40. The smallest absolute Gasteiger partial charge is 0.231 e. The number of hydrogen-bond donors (Lipinski definition) is 2. The zero-order chi connectivity index (χ0) is 17.2. The lowest BCUT2D eigenvalue weighted by Gasteiger charge is -2.03. The van der Waals surface area contributed by atoms with E-state index in [-0.39, 0.29) is 5.88 Å². The van der Waals surface area contributed by atoms with Crippen LogP contribution in [0.2, 0.25) is 0 Å². The van der Waals surface area contributed by atoms with Gasteiger partial charge in [-0.25, -0.2) is 0 Å². The molecule has 0 spiro atoms. The van der Waals surface area contributed by atoms with Gasteiger partial charge in [0.05, 0.1) is 17.7 Å². The van der Waals surface area contributed by atoms with Gasteiger partial charge in [-0.3, -0.25) is 4.99 Å². The Morgan fingerprint density at radius 3 is 2.72 bits per heavy atom. The predicted molar refractivity (Wildman–Crippen MR) is 103 cm³/mol. The highest BCUT2D eigenvalue weighted by molar-refractivity contribution is 7.16. The third-order valence-electron chi connectivity index (χ3n) is 3.82. The van der Waals surface area contributed by atoms with E-state index in [9.17, 15) is 5.11 Å². The normalized spacial score (nSPS) is 13.9. The van der Waals surface area contributed by atoms with Crippen molar-refractivity contribution in [3.05, 3.63) is 59.0 Å². The van der Waals surface area contributed by atoms with Gasteiger partial charge in [-0.15, -0.1) is 0 Å². The lowest BCUT2D eigenvalue weighted by Crippen LogP contribution is -1.89. The number of aromatic nitrogens is 1. The van der Waals surface area contributed by atoms with Crippen LogP contribution in [0.5, 0.6) is 11.6 Å². The summed E-state index contributed by atoms with van der Waals surface area (Å²) in [4.78, 5) is 9.26. The molecule has 0 bridgehead atoms. The van der Waals surface area contributed by atoms with E-state index in [1.807, 2.05) is 54.6 Å². The Balaban J connectivity index is 1.59. The fourth-order valence-electron chi connectivity index (χ4n) is 2.56. The van der Waals surface area contributed by atoms with E-state index in [0.29, 0.717) is 10.0 Å². The molecule has 0 amide bonds. The van der Waals surface area contributed by atoms with Gasteiger partial charge in [-0.1, -0.05) is 29.5 Å². The molecule has 5 nitrogen and oxygen atoms in total. The maximum absolute atomic E-state index is 10.2. The molecule has 0 fully saturated rings. The molecule has 124 valence electrons. The van der Waals surface area contributed by atoms with Crippen LogP contribution in [0.15, 0.2) is 53.5 Å². The summed E-state index contributed by atoms with van der Waals surface area (Å²) in [6, 6.07) is 15.4. The Bertz CT molecular complexity index is 975. The molecular formula is C19H15N3O2S. The average molecular weight is 349 g/mol. The summed E-state index contributed by atoms with van der Waals surface area (Å²) in [5, 5.41) is 14.0. The largest absolute Gasteiger partial charge is 0.497 e. The van der Waals surface area contributed by atoms with E-state index >= 15 is 0 Å². The molecule has 1 aliphatic heterocycles. The van der Waals surface area contributed by atoms with Gasteiger partial charge in [-0.05, 0) is 36.4 Å². The van der Waals surface area contributed by atoms with Crippen molar-refractivity contribution in [1.82, 2.24) is 4.98 Å². The summed E-state index contributed by atoms with van der Waals surface area (Å²) >= 11 is 1.38. The lowest BCUT2D eigenvalue weighted by molar-refractivity contribution is 0.415. The van der Waals surface area contributed by atoms with Crippen molar-refractivity contribution < 1.29 is 9.84 Å². The Labute approximate surface area is 149 Å². The maximum atomic E-state index is 10.2. The van der Waals surface area contributed by atoms with Crippen LogP contribution in [0.3, 0.4) is 0 Å². The number of anilines is 2. The Morgan fingerprint density at radius 1 is 1.12 bits per heavy atom. The van der Waals surface area contributed by atoms with Gasteiger partial charge in [0, 0.05) is 23.0 Å². The molecule has 2 heterocycles. The second kappa shape index (κ2) is 6.41. The molecule has 0 radical (unpaired) electrons. The SMILES string of the molecule is COc1ccc(Nc2nc(O)c(/C=C3\C=Nc4ccccc43)s2)cc1. The molecule has 1 aromatic heterocycles. The van der Waals surface area contributed by atoms with Gasteiger partial charge in [-0.2, -0.15) is 4.98 Å². The van der Waals surface area contributed by atoms with Crippen LogP contribution < -0.4 is 10.1 Å². The number of benzene rings is 2. The number of ether oxygens (including phenoxy) is 1. The van der Waals surface area contributed by atoms with Gasteiger partial charge in [0.15, 0.2) is 5.13 Å². The molecule has 0 unspecified atom stereocenters. The summed E-state index contributed by atoms with van der Waals surface area (Å²) in [7, 11) is 1.63. The molecule has 0 saturated heterocycles. The van der Waals surface area contributed by atoms with Crippen molar-refractivity contribution in [3.8, 4) is 11.6 Å². The summed E-state index contributed by atoms with van der Waals surface area (Å²) in [6.45, 7) is 0. The number of aliphatic imine (C=N–C) groups is 1. The number of aromatic hydroxyl groups is 1. The first-order valence-electron chi connectivity index (χ1n) is 7.69. The molecule has 1 aliphatic rings. The second-order valence-electron chi connectivity index (χ2n) is 5.44. The van der Waals surface area contributed by atoms with E-state index in [2.05, 4.69) is 15.3 Å². The number of nitrogens with one attached hydrogen (secondary N) is 1. The van der Waals surface area contributed by atoms with Crippen molar-refractivity contribution in [1.29, 1.82) is 0 Å². The predicted octanol–water partition coefficient (Wildman–Crippen LogP) is 4.86. The Kier molecular flexibility index (Phi) is 3.95. The van der Waals surface area contributed by atoms with Crippen molar-refractivity contribution in [3.63, 3.8) is 0 Å². The zero-order valence-electron chi connectivity index (χ0n) is 13.4. The van der Waals surface area contributed by atoms with Crippen LogP contribution in [0.4, 0.5) is 16.5 Å². The number of hydrogen-bond acceptors (Lipinski definition) is 6. The van der Waals surface area contributed by atoms with Crippen molar-refractivity contribution in [2.24, 2.45) is 4.99 Å². The maximum Gasteiger partial charge on any atom is 0.231 e. The number of nitrogens with zero attached hydrogens (tertiary/aromatic N) is 2. The highest BCUT2D eigenvalue weighted by Crippen LogP contribution is 2.37. The molecule has 0 atom stereocenters. The first-order chi connectivity index (χ1) is 12.2. The molecule has 6 heteroatoms. The van der Waals surface area contributed by atoms with Crippen LogP contribution in [-0.4, -0.2) is 23.4 Å². The highest BCUT2D eigenvalue weighted by Gasteiger charge is 2.14. The van der Waals surface area contributed by atoms with Crippen LogP contribution in [0, 0.1) is 0 Å². The third kappa shape index (κ3) is 3.12. The van der Waals surface area contributed by atoms with Gasteiger partial charge in [0.25, 0.3) is 0 Å². The van der Waals surface area contributed by atoms with Gasteiger partial charge >= 0.3 is 0 Å². The number of methoxy groups -OCH3 is 1. The van der Waals surface area contributed by atoms with Crippen LogP contribution in [0.25, 0.3) is 11.6 Å². The van der Waals surface area contributed by atoms with Crippen molar-refractivity contribution >= 4 is 45.7 Å². The standard InChI is InChI=1S/C19H15N3O2S/c1-24-14-8-6-13(7-9-14)21-19-22-18(23)17(25-19)10-12-11-20-16-5-3-2-4-15(12)16/h2-11,23H,1H3,(H,21,22)/b12-10+. The molecule has 2 N–H and O–H groups in total. The van der Waals surface area contributed by atoms with E-state index in [0.717, 1.165) is 28.3 Å². The summed E-state index contributed by atoms with van der Waals surface area (Å²) < 4.78 is 5.14. The average Bonchev–Trinajstić information content (AvgIpc) is 3.20. The van der Waals surface area contributed by atoms with E-state index in [1.165, 1.54) is 11.3 Å². The van der Waals surface area contributed by atoms with E-state index < -0.39 is 0 Å². The quantitative estimate of drug-likeness (QED) is 0.706. The monoisotopic (exact) mass is 349 g/mol. The fraction of sp³-hybridized carbons (Fsp3) is 0.0526. The summed E-state index contributed by atoms with van der Waals surface area (Å²) in [5.74, 6) is 0.795. The van der Waals surface area contributed by atoms with E-state index in [1.54, 1.807) is 13.3 Å². The molecule has 0 saturated carbocycles. The van der Waals surface area contributed by atoms with Crippen molar-refractivity contribution in [2.75, 3.05) is 12.4 Å². The minimum atomic E-state index is 0.00583. The number of fused-ring (bicyclic) bond motifs is 1. The summed E-state index contributed by atoms with van der Waals surface area (Å²) in [5.41, 5.74) is 3.83. The topological polar surface area (TPSA) is 66.7 Å². The molecule has 25 heavy (non-hydrogen) atoms. The van der Waals surface area contributed by atoms with Crippen LogP contribution >= 0.6 is 11.3 Å². The number of para-hydroxylation sites is 1. The summed E-state index contributed by atoms with van der Waals surface area (Å²) in [6.07, 6.45) is 3.71. The molecule has 0 aliphatic carbocycles. The highest BCUT2D eigenvalue weighted by atomic mass is 32.1. The molecule has 2 aromatic carbocycles. The Morgan fingerprint density at radius 2 is 1.92 bits per heavy atom. The third-order valence-corrected chi connectivity index (χ3v) is 4.73. The first-order valence-corrected chi connectivity index (χ1v) is 8.50. The molecule has 3 aromatic rings. The first kappa shape index (κ1) is 15.4. The van der Waals surface area contributed by atoms with Crippen LogP contribution in [-0.2, 0) is 0 Å². The van der Waals surface area contributed by atoms with Crippen molar-refractivity contribution in [2.45, 2.75) is 0 Å². The van der Waals surface area contributed by atoms with Crippen LogP contribution in [0.1, 0.15) is 10.4 Å². The minimum Gasteiger partial charge on any atom is -0.497 e. The van der Waals surface area contributed by atoms with Gasteiger partial charge in [0.1, 0.15) is 5.75 Å². The molecular weight excluding hydrogens is 334 g/mol. The van der Waals surface area contributed by atoms with E-state index in [4.69, 9.17) is 4.74 Å². The number of allylic oxidation sites excluding steroid dienone is 1. The zero-order valence-corrected chi connectivity index (χ0v) is 14.2. The Hall–Kier alpha value is -3.12. The second-order valence-corrected chi connectivity index (χ2v) is 6.47. The number of thiazole rings is 1. The minimum absolute atomic E-state index is 0.00583. The lowest BCUT2D eigenvalue weighted by atomic mass is 10.1. The van der Waals surface area contributed by atoms with Gasteiger partial charge in [0.2, 0.25) is 5.88 Å². The number of rotatable bonds is 4.